The molecule has 1 spiro atoms. The standard InChI is InChI=1S/C19H30N4O2/c24-18(23-12-5-2-6-16(23)17-20-10-11-21-17)22-15-7-13-25-19(14-15)8-3-1-4-9-19/h10-11,15-16H,1-9,12-14H2,(H,20,21)(H,22,24)/t15-,16+/m0/s1. The van der Waals surface area contributed by atoms with Gasteiger partial charge in [0.05, 0.1) is 11.6 Å². The third-order valence-corrected chi connectivity index (χ3v) is 6.18. The number of aromatic amines is 1. The van der Waals surface area contributed by atoms with Crippen molar-refractivity contribution in [3.05, 3.63) is 18.2 Å². The molecule has 138 valence electrons. The lowest BCUT2D eigenvalue weighted by Gasteiger charge is -2.44. The summed E-state index contributed by atoms with van der Waals surface area (Å²) in [6, 6.07) is 0.379. The fourth-order valence-electron chi connectivity index (χ4n) is 4.87. The molecule has 4 rings (SSSR count). The molecule has 1 aromatic heterocycles. The molecule has 1 aromatic rings. The van der Waals surface area contributed by atoms with Crippen molar-refractivity contribution in [2.75, 3.05) is 13.2 Å². The number of carbonyl (C=O) groups excluding carboxylic acids is 1. The van der Waals surface area contributed by atoms with Gasteiger partial charge in [0.1, 0.15) is 5.82 Å². The highest BCUT2D eigenvalue weighted by molar-refractivity contribution is 5.75. The topological polar surface area (TPSA) is 70.2 Å². The molecule has 25 heavy (non-hydrogen) atoms. The number of hydrogen-bond acceptors (Lipinski definition) is 3. The molecular formula is C19H30N4O2. The maximum atomic E-state index is 13.0. The zero-order valence-corrected chi connectivity index (χ0v) is 15.0. The van der Waals surface area contributed by atoms with Crippen LogP contribution in [0.3, 0.4) is 0 Å². The second-order valence-corrected chi connectivity index (χ2v) is 7.91. The third kappa shape index (κ3) is 3.68. The van der Waals surface area contributed by atoms with E-state index in [1.54, 1.807) is 6.20 Å². The maximum absolute atomic E-state index is 13.0. The van der Waals surface area contributed by atoms with Gasteiger partial charge in [-0.3, -0.25) is 0 Å². The molecule has 2 saturated heterocycles. The second-order valence-electron chi connectivity index (χ2n) is 7.91. The van der Waals surface area contributed by atoms with Gasteiger partial charge in [-0.05, 0) is 44.9 Å². The first-order valence-corrected chi connectivity index (χ1v) is 9.96. The number of hydrogen-bond donors (Lipinski definition) is 2. The number of rotatable bonds is 2. The Kier molecular flexibility index (Phi) is 4.97. The number of H-pyrrole nitrogens is 1. The van der Waals surface area contributed by atoms with E-state index in [4.69, 9.17) is 4.74 Å². The fraction of sp³-hybridized carbons (Fsp3) is 0.789. The van der Waals surface area contributed by atoms with Gasteiger partial charge in [0.15, 0.2) is 0 Å². The number of urea groups is 1. The maximum Gasteiger partial charge on any atom is 0.318 e. The predicted molar refractivity (Wildman–Crippen MR) is 95.2 cm³/mol. The van der Waals surface area contributed by atoms with Crippen LogP contribution in [0.25, 0.3) is 0 Å². The van der Waals surface area contributed by atoms with E-state index >= 15 is 0 Å². The fourth-order valence-corrected chi connectivity index (χ4v) is 4.87. The van der Waals surface area contributed by atoms with Crippen LogP contribution in [0.1, 0.15) is 76.1 Å². The minimum atomic E-state index is 0.0246. The molecule has 6 heteroatoms. The van der Waals surface area contributed by atoms with E-state index in [-0.39, 0.29) is 23.7 Å². The SMILES string of the molecule is O=C(N[C@H]1CCOC2(CCCCC2)C1)N1CCCC[C@@H]1c1ncc[nH]1. The summed E-state index contributed by atoms with van der Waals surface area (Å²) in [5.74, 6) is 0.908. The van der Waals surface area contributed by atoms with Crippen LogP contribution < -0.4 is 5.32 Å². The highest BCUT2D eigenvalue weighted by atomic mass is 16.5. The normalized spacial score (nSPS) is 29.5. The lowest BCUT2D eigenvalue weighted by Crippen LogP contribution is -2.53. The van der Waals surface area contributed by atoms with Crippen LogP contribution in [-0.4, -0.2) is 45.7 Å². The van der Waals surface area contributed by atoms with Crippen molar-refractivity contribution in [1.82, 2.24) is 20.2 Å². The summed E-state index contributed by atoms with van der Waals surface area (Å²) in [6.45, 7) is 1.58. The summed E-state index contributed by atoms with van der Waals surface area (Å²) >= 11 is 0. The van der Waals surface area contributed by atoms with E-state index in [0.29, 0.717) is 0 Å². The molecule has 0 unspecified atom stereocenters. The molecule has 2 atom stereocenters. The second kappa shape index (κ2) is 7.36. The van der Waals surface area contributed by atoms with E-state index in [2.05, 4.69) is 15.3 Å². The minimum Gasteiger partial charge on any atom is -0.375 e. The molecule has 0 radical (unpaired) electrons. The first-order chi connectivity index (χ1) is 12.3. The smallest absolute Gasteiger partial charge is 0.318 e. The average Bonchev–Trinajstić information content (AvgIpc) is 3.17. The highest BCUT2D eigenvalue weighted by Gasteiger charge is 2.40. The van der Waals surface area contributed by atoms with Gasteiger partial charge in [0.25, 0.3) is 0 Å². The van der Waals surface area contributed by atoms with Crippen molar-refractivity contribution < 1.29 is 9.53 Å². The molecule has 1 aliphatic carbocycles. The number of nitrogens with one attached hydrogen (secondary N) is 2. The van der Waals surface area contributed by atoms with Crippen molar-refractivity contribution in [3.8, 4) is 0 Å². The molecule has 6 nitrogen and oxygen atoms in total. The van der Waals surface area contributed by atoms with Gasteiger partial charge < -0.3 is 19.9 Å². The third-order valence-electron chi connectivity index (χ3n) is 6.18. The highest BCUT2D eigenvalue weighted by Crippen LogP contribution is 2.38. The summed E-state index contributed by atoms with van der Waals surface area (Å²) in [7, 11) is 0. The molecule has 2 aliphatic heterocycles. The van der Waals surface area contributed by atoms with Crippen LogP contribution in [0.15, 0.2) is 12.4 Å². The van der Waals surface area contributed by atoms with E-state index in [0.717, 1.165) is 63.9 Å². The number of carbonyl (C=O) groups is 1. The first-order valence-electron chi connectivity index (χ1n) is 9.96. The van der Waals surface area contributed by atoms with Crippen LogP contribution >= 0.6 is 0 Å². The summed E-state index contributed by atoms with van der Waals surface area (Å²) < 4.78 is 6.16. The minimum absolute atomic E-state index is 0.0246. The van der Waals surface area contributed by atoms with Crippen molar-refractivity contribution in [2.45, 2.75) is 81.9 Å². The van der Waals surface area contributed by atoms with Gasteiger partial charge in [0.2, 0.25) is 0 Å². The zero-order valence-electron chi connectivity index (χ0n) is 15.0. The van der Waals surface area contributed by atoms with Crippen LogP contribution in [-0.2, 0) is 4.74 Å². The summed E-state index contributed by atoms with van der Waals surface area (Å²) in [4.78, 5) is 22.5. The Labute approximate surface area is 149 Å². The Bertz CT molecular complexity index is 562. The average molecular weight is 346 g/mol. The van der Waals surface area contributed by atoms with Crippen LogP contribution in [0.5, 0.6) is 0 Å². The van der Waals surface area contributed by atoms with E-state index < -0.39 is 0 Å². The van der Waals surface area contributed by atoms with Gasteiger partial charge >= 0.3 is 6.03 Å². The van der Waals surface area contributed by atoms with Crippen molar-refractivity contribution in [2.24, 2.45) is 0 Å². The number of ether oxygens (including phenoxy) is 1. The Morgan fingerprint density at radius 3 is 2.92 bits per heavy atom. The number of aromatic nitrogens is 2. The van der Waals surface area contributed by atoms with E-state index in [9.17, 15) is 4.79 Å². The van der Waals surface area contributed by atoms with E-state index in [1.807, 2.05) is 11.1 Å². The van der Waals surface area contributed by atoms with Crippen molar-refractivity contribution in [1.29, 1.82) is 0 Å². The summed E-state index contributed by atoms with van der Waals surface area (Å²) in [5, 5.41) is 3.32. The zero-order chi connectivity index (χ0) is 17.1. The lowest BCUT2D eigenvalue weighted by atomic mass is 9.78. The lowest BCUT2D eigenvalue weighted by molar-refractivity contribution is -0.108. The van der Waals surface area contributed by atoms with Crippen LogP contribution in [0, 0.1) is 0 Å². The van der Waals surface area contributed by atoms with Gasteiger partial charge in [-0.15, -0.1) is 0 Å². The number of piperidine rings is 1. The molecule has 2 amide bonds. The monoisotopic (exact) mass is 346 g/mol. The van der Waals surface area contributed by atoms with Gasteiger partial charge in [-0.1, -0.05) is 19.3 Å². The summed E-state index contributed by atoms with van der Waals surface area (Å²) in [5.41, 5.74) is 0.0246. The molecule has 1 saturated carbocycles. The van der Waals surface area contributed by atoms with E-state index in [1.165, 1.54) is 19.3 Å². The number of imidazole rings is 1. The Hall–Kier alpha value is -1.56. The molecule has 3 fully saturated rings. The molecule has 3 heterocycles. The van der Waals surface area contributed by atoms with Gasteiger partial charge in [0, 0.05) is 31.6 Å². The van der Waals surface area contributed by atoms with Crippen molar-refractivity contribution in [3.63, 3.8) is 0 Å². The predicted octanol–water partition coefficient (Wildman–Crippen LogP) is 3.53. The largest absolute Gasteiger partial charge is 0.375 e. The first kappa shape index (κ1) is 16.9. The van der Waals surface area contributed by atoms with Gasteiger partial charge in [-0.25, -0.2) is 9.78 Å². The molecular weight excluding hydrogens is 316 g/mol. The Balaban J connectivity index is 1.40. The van der Waals surface area contributed by atoms with Crippen molar-refractivity contribution >= 4 is 6.03 Å². The molecule has 0 aromatic carbocycles. The number of nitrogens with zero attached hydrogens (tertiary/aromatic N) is 2. The van der Waals surface area contributed by atoms with Gasteiger partial charge in [-0.2, -0.15) is 0 Å². The Morgan fingerprint density at radius 2 is 2.12 bits per heavy atom. The van der Waals surface area contributed by atoms with Crippen LogP contribution in [0.4, 0.5) is 4.79 Å². The Morgan fingerprint density at radius 1 is 1.24 bits per heavy atom. The number of amides is 2. The van der Waals surface area contributed by atoms with Crippen LogP contribution in [0.2, 0.25) is 0 Å². The summed E-state index contributed by atoms with van der Waals surface area (Å²) in [6.07, 6.45) is 14.8. The molecule has 3 aliphatic rings. The molecule has 2 N–H and O–H groups in total. The number of likely N-dealkylation sites (tertiary alicyclic amines) is 1. The molecule has 0 bridgehead atoms. The quantitative estimate of drug-likeness (QED) is 0.860.